The predicted molar refractivity (Wildman–Crippen MR) is 40.6 cm³/mol. The van der Waals surface area contributed by atoms with Crippen LogP contribution in [0.4, 0.5) is 11.6 Å². The minimum absolute atomic E-state index is 0.263. The summed E-state index contributed by atoms with van der Waals surface area (Å²) in [6.45, 7) is 0. The smallest absolute Gasteiger partial charge is 0.190 e. The van der Waals surface area contributed by atoms with Crippen LogP contribution >= 0.6 is 0 Å². The van der Waals surface area contributed by atoms with Gasteiger partial charge in [0.15, 0.2) is 17.2 Å². The number of furan rings is 1. The maximum atomic E-state index is 5.48. The third kappa shape index (κ3) is 0.706. The van der Waals surface area contributed by atoms with Crippen LogP contribution in [-0.4, -0.2) is 10.2 Å². The third-order valence-electron chi connectivity index (χ3n) is 1.44. The number of hydrogen-bond donors (Lipinski definition) is 2. The molecule has 0 aliphatic rings. The van der Waals surface area contributed by atoms with Crippen molar-refractivity contribution in [3.63, 3.8) is 0 Å². The molecule has 0 unspecified atom stereocenters. The van der Waals surface area contributed by atoms with E-state index in [-0.39, 0.29) is 5.82 Å². The maximum absolute atomic E-state index is 5.48. The number of nitrogens with zero attached hydrogens (tertiary/aromatic N) is 2. The molecule has 0 spiro atoms. The highest BCUT2D eigenvalue weighted by Crippen LogP contribution is 2.22. The van der Waals surface area contributed by atoms with Gasteiger partial charge in [0.05, 0.1) is 11.6 Å². The molecule has 2 heterocycles. The Hall–Kier alpha value is -1.78. The molecule has 4 N–H and O–H groups in total. The van der Waals surface area contributed by atoms with Crippen LogP contribution in [0.15, 0.2) is 16.7 Å². The van der Waals surface area contributed by atoms with Crippen molar-refractivity contribution >= 4 is 22.6 Å². The summed E-state index contributed by atoms with van der Waals surface area (Å²) in [5.74, 6) is 0.599. The van der Waals surface area contributed by atoms with Crippen LogP contribution < -0.4 is 11.5 Å². The summed E-state index contributed by atoms with van der Waals surface area (Å²) in [5.41, 5.74) is 11.4. The van der Waals surface area contributed by atoms with E-state index < -0.39 is 0 Å². The molecule has 0 aliphatic carbocycles. The van der Waals surface area contributed by atoms with Gasteiger partial charge in [-0.2, -0.15) is 0 Å². The van der Waals surface area contributed by atoms with Crippen molar-refractivity contribution in [2.24, 2.45) is 0 Å². The minimum Gasteiger partial charge on any atom is -0.460 e. The van der Waals surface area contributed by atoms with Crippen molar-refractivity contribution in [2.45, 2.75) is 0 Å². The normalized spacial score (nSPS) is 10.5. The van der Waals surface area contributed by atoms with E-state index >= 15 is 0 Å². The molecule has 0 amide bonds. The zero-order chi connectivity index (χ0) is 7.84. The largest absolute Gasteiger partial charge is 0.460 e. The monoisotopic (exact) mass is 150 g/mol. The van der Waals surface area contributed by atoms with E-state index in [4.69, 9.17) is 15.9 Å². The summed E-state index contributed by atoms with van der Waals surface area (Å²) in [4.78, 5) is 0. The zero-order valence-electron chi connectivity index (χ0n) is 5.61. The second kappa shape index (κ2) is 1.85. The molecule has 0 aromatic carbocycles. The summed E-state index contributed by atoms with van der Waals surface area (Å²) in [6, 6.07) is 1.70. The Bertz CT molecular complexity index is 358. The lowest BCUT2D eigenvalue weighted by atomic mass is 10.3. The van der Waals surface area contributed by atoms with Crippen LogP contribution in [0.1, 0.15) is 0 Å². The average molecular weight is 150 g/mol. The van der Waals surface area contributed by atoms with Gasteiger partial charge in [0.1, 0.15) is 0 Å². The van der Waals surface area contributed by atoms with E-state index in [0.29, 0.717) is 16.8 Å². The minimum atomic E-state index is 0.263. The van der Waals surface area contributed by atoms with Gasteiger partial charge < -0.3 is 15.9 Å². The van der Waals surface area contributed by atoms with Crippen LogP contribution in [0.3, 0.4) is 0 Å². The fourth-order valence-corrected chi connectivity index (χ4v) is 0.916. The number of fused-ring (bicyclic) bond motifs is 1. The maximum Gasteiger partial charge on any atom is 0.190 e. The van der Waals surface area contributed by atoms with Gasteiger partial charge in [0.25, 0.3) is 0 Å². The molecule has 2 aromatic heterocycles. The number of nitrogen functional groups attached to an aromatic ring is 2. The topological polar surface area (TPSA) is 91.0 Å². The van der Waals surface area contributed by atoms with Crippen molar-refractivity contribution in [2.75, 3.05) is 11.5 Å². The van der Waals surface area contributed by atoms with Gasteiger partial charge >= 0.3 is 0 Å². The van der Waals surface area contributed by atoms with E-state index in [9.17, 15) is 0 Å². The van der Waals surface area contributed by atoms with Crippen molar-refractivity contribution in [1.29, 1.82) is 0 Å². The fourth-order valence-electron chi connectivity index (χ4n) is 0.916. The molecule has 5 heteroatoms. The summed E-state index contributed by atoms with van der Waals surface area (Å²) in [7, 11) is 0. The highest BCUT2D eigenvalue weighted by atomic mass is 16.3. The Kier molecular flexibility index (Phi) is 1.00. The quantitative estimate of drug-likeness (QED) is 0.566. The van der Waals surface area contributed by atoms with Crippen molar-refractivity contribution in [3.8, 4) is 0 Å². The van der Waals surface area contributed by atoms with E-state index in [1.54, 1.807) is 6.07 Å². The van der Waals surface area contributed by atoms with Gasteiger partial charge in [-0.3, -0.25) is 0 Å². The van der Waals surface area contributed by atoms with Gasteiger partial charge in [-0.05, 0) is 6.07 Å². The molecule has 56 valence electrons. The summed E-state index contributed by atoms with van der Waals surface area (Å²) >= 11 is 0. The first kappa shape index (κ1) is 5.96. The van der Waals surface area contributed by atoms with Crippen molar-refractivity contribution in [1.82, 2.24) is 10.2 Å². The molecule has 5 nitrogen and oxygen atoms in total. The van der Waals surface area contributed by atoms with Gasteiger partial charge in [-0.15, -0.1) is 10.2 Å². The fraction of sp³-hybridized carbons (Fsp3) is 0. The first-order valence-corrected chi connectivity index (χ1v) is 3.04. The molecule has 0 atom stereocenters. The van der Waals surface area contributed by atoms with E-state index in [1.807, 2.05) is 0 Å². The van der Waals surface area contributed by atoms with Crippen LogP contribution in [0.25, 0.3) is 11.0 Å². The molecule has 0 saturated heterocycles. The molecule has 2 rings (SSSR count). The number of nitrogens with two attached hydrogens (primary N) is 2. The Balaban J connectivity index is 2.96. The number of aromatic nitrogens is 2. The number of anilines is 2. The molecule has 0 bridgehead atoms. The molecule has 2 aromatic rings. The summed E-state index contributed by atoms with van der Waals surface area (Å²) in [5, 5.41) is 7.92. The summed E-state index contributed by atoms with van der Waals surface area (Å²) in [6.07, 6.45) is 1.50. The molecular weight excluding hydrogens is 144 g/mol. The third-order valence-corrected chi connectivity index (χ3v) is 1.44. The molecule has 11 heavy (non-hydrogen) atoms. The number of hydrogen-bond acceptors (Lipinski definition) is 5. The van der Waals surface area contributed by atoms with E-state index in [0.717, 1.165) is 0 Å². The molecule has 0 aliphatic heterocycles. The summed E-state index contributed by atoms with van der Waals surface area (Å²) < 4.78 is 5.02. The zero-order valence-corrected chi connectivity index (χ0v) is 5.61. The highest BCUT2D eigenvalue weighted by molar-refractivity contribution is 5.92. The Morgan fingerprint density at radius 3 is 2.64 bits per heavy atom. The second-order valence-electron chi connectivity index (χ2n) is 2.13. The standard InChI is InChI=1S/C6H6N4O/c7-5-3-1-2-11-4(3)6(8)10-9-5/h1-2H,(H2,7,9)(H2,8,10). The number of rotatable bonds is 0. The van der Waals surface area contributed by atoms with E-state index in [1.165, 1.54) is 6.26 Å². The van der Waals surface area contributed by atoms with Gasteiger partial charge in [0.2, 0.25) is 0 Å². The first-order valence-electron chi connectivity index (χ1n) is 3.04. The molecular formula is C6H6N4O. The lowest BCUT2D eigenvalue weighted by molar-refractivity contribution is 0.615. The highest BCUT2D eigenvalue weighted by Gasteiger charge is 2.05. The van der Waals surface area contributed by atoms with Gasteiger partial charge in [0, 0.05) is 0 Å². The van der Waals surface area contributed by atoms with Crippen LogP contribution in [0.2, 0.25) is 0 Å². The van der Waals surface area contributed by atoms with Crippen molar-refractivity contribution < 1.29 is 4.42 Å². The molecule has 0 saturated carbocycles. The SMILES string of the molecule is Nc1nnc(N)c2occc12. The predicted octanol–water partition coefficient (Wildman–Crippen LogP) is 0.387. The van der Waals surface area contributed by atoms with Crippen LogP contribution in [0, 0.1) is 0 Å². The Labute approximate surface area is 62.0 Å². The van der Waals surface area contributed by atoms with E-state index in [2.05, 4.69) is 10.2 Å². The Morgan fingerprint density at radius 1 is 1.18 bits per heavy atom. The van der Waals surface area contributed by atoms with Crippen LogP contribution in [0.5, 0.6) is 0 Å². The van der Waals surface area contributed by atoms with Gasteiger partial charge in [-0.25, -0.2) is 0 Å². The molecule has 0 radical (unpaired) electrons. The lowest BCUT2D eigenvalue weighted by Crippen LogP contribution is -1.97. The first-order chi connectivity index (χ1) is 5.29. The van der Waals surface area contributed by atoms with Crippen LogP contribution in [-0.2, 0) is 0 Å². The van der Waals surface area contributed by atoms with Gasteiger partial charge in [-0.1, -0.05) is 0 Å². The second-order valence-corrected chi connectivity index (χ2v) is 2.13. The Morgan fingerprint density at radius 2 is 1.91 bits per heavy atom. The van der Waals surface area contributed by atoms with Crippen molar-refractivity contribution in [3.05, 3.63) is 12.3 Å². The average Bonchev–Trinajstić information content (AvgIpc) is 2.45. The molecule has 0 fully saturated rings. The lowest BCUT2D eigenvalue weighted by Gasteiger charge is -1.93.